The Balaban J connectivity index is 2.65. The Morgan fingerprint density at radius 3 is 2.24 bits per heavy atom. The predicted octanol–water partition coefficient (Wildman–Crippen LogP) is 1.18. The quantitative estimate of drug-likeness (QED) is 0.353. The lowest BCUT2D eigenvalue weighted by Crippen LogP contribution is -2.39. The van der Waals surface area contributed by atoms with E-state index >= 15 is 0 Å². The zero-order chi connectivity index (χ0) is 18.8. The van der Waals surface area contributed by atoms with Crippen molar-refractivity contribution in [3.8, 4) is 0 Å². The first-order chi connectivity index (χ1) is 11.9. The molecule has 0 aliphatic rings. The first-order valence-corrected chi connectivity index (χ1v) is 7.58. The highest BCUT2D eigenvalue weighted by Crippen LogP contribution is 2.19. The molecule has 0 aliphatic heterocycles. The third kappa shape index (κ3) is 6.48. The molecule has 1 rings (SSSR count). The van der Waals surface area contributed by atoms with Crippen LogP contribution >= 0.6 is 0 Å². The van der Waals surface area contributed by atoms with Gasteiger partial charge in [0.2, 0.25) is 0 Å². The number of nitrogens with zero attached hydrogens (tertiary/aromatic N) is 2. The summed E-state index contributed by atoms with van der Waals surface area (Å²) >= 11 is 0. The summed E-state index contributed by atoms with van der Waals surface area (Å²) in [6.07, 6.45) is 0. The molecule has 0 spiro atoms. The Morgan fingerprint density at radius 2 is 1.76 bits per heavy atom. The number of carbonyl (C=O) groups is 2. The summed E-state index contributed by atoms with van der Waals surface area (Å²) in [6, 6.07) is 3.89. The molecule has 0 heterocycles. The molecule has 1 amide bonds. The van der Waals surface area contributed by atoms with E-state index in [4.69, 9.17) is 14.2 Å². The van der Waals surface area contributed by atoms with Gasteiger partial charge in [0.1, 0.15) is 0 Å². The second kappa shape index (κ2) is 10.4. The van der Waals surface area contributed by atoms with Gasteiger partial charge in [0.05, 0.1) is 23.7 Å². The number of methoxy groups -OCH3 is 2. The topological polar surface area (TPSA) is 108 Å². The van der Waals surface area contributed by atoms with Crippen molar-refractivity contribution in [3.05, 3.63) is 39.4 Å². The van der Waals surface area contributed by atoms with Crippen LogP contribution in [0.15, 0.2) is 18.2 Å². The Morgan fingerprint density at radius 1 is 1.16 bits per heavy atom. The summed E-state index contributed by atoms with van der Waals surface area (Å²) in [5.74, 6) is -1.09. The van der Waals surface area contributed by atoms with Crippen molar-refractivity contribution in [3.63, 3.8) is 0 Å². The molecular formula is C16H22N2O7. The number of nitro benzene ring substituents is 1. The van der Waals surface area contributed by atoms with Gasteiger partial charge in [-0.15, -0.1) is 0 Å². The van der Waals surface area contributed by atoms with Crippen LogP contribution < -0.4 is 0 Å². The van der Waals surface area contributed by atoms with Gasteiger partial charge >= 0.3 is 5.97 Å². The lowest BCUT2D eigenvalue weighted by Gasteiger charge is -2.21. The lowest BCUT2D eigenvalue weighted by molar-refractivity contribution is -0.385. The summed E-state index contributed by atoms with van der Waals surface area (Å²) in [4.78, 5) is 35.9. The smallest absolute Gasteiger partial charge is 0.338 e. The summed E-state index contributed by atoms with van der Waals surface area (Å²) in [6.45, 7) is 2.51. The highest BCUT2D eigenvalue weighted by molar-refractivity contribution is 5.91. The summed E-state index contributed by atoms with van der Waals surface area (Å²) in [7, 11) is 3.05. The number of rotatable bonds is 10. The lowest BCUT2D eigenvalue weighted by atomic mass is 10.1. The van der Waals surface area contributed by atoms with Gasteiger partial charge in [-0.3, -0.25) is 14.9 Å². The van der Waals surface area contributed by atoms with Gasteiger partial charge < -0.3 is 19.1 Å². The Labute approximate surface area is 145 Å². The van der Waals surface area contributed by atoms with E-state index in [-0.39, 0.29) is 17.2 Å². The van der Waals surface area contributed by atoms with Crippen LogP contribution in [0.1, 0.15) is 15.9 Å². The van der Waals surface area contributed by atoms with Crippen LogP contribution in [0.2, 0.25) is 0 Å². The third-order valence-corrected chi connectivity index (χ3v) is 3.44. The van der Waals surface area contributed by atoms with Gasteiger partial charge in [-0.25, -0.2) is 4.79 Å². The van der Waals surface area contributed by atoms with Gasteiger partial charge in [0.25, 0.3) is 11.6 Å². The largest absolute Gasteiger partial charge is 0.452 e. The molecule has 138 valence electrons. The van der Waals surface area contributed by atoms with Crippen LogP contribution in [0, 0.1) is 17.0 Å². The van der Waals surface area contributed by atoms with Gasteiger partial charge in [-0.05, 0) is 19.1 Å². The van der Waals surface area contributed by atoms with Gasteiger partial charge in [-0.2, -0.15) is 0 Å². The molecule has 0 unspecified atom stereocenters. The SMILES string of the molecule is COCCN(CCOC)C(=O)COC(=O)c1ccc([N+](=O)[O-])c(C)c1. The molecule has 0 fully saturated rings. The van der Waals surface area contributed by atoms with Gasteiger partial charge in [0, 0.05) is 38.9 Å². The van der Waals surface area contributed by atoms with Crippen molar-refractivity contribution in [1.29, 1.82) is 0 Å². The van der Waals surface area contributed by atoms with Crippen molar-refractivity contribution in [1.82, 2.24) is 4.90 Å². The molecule has 1 aromatic rings. The van der Waals surface area contributed by atoms with Crippen molar-refractivity contribution in [2.45, 2.75) is 6.92 Å². The standard InChI is InChI=1S/C16H22N2O7/c1-12-10-13(4-5-14(12)18(21)22)16(20)25-11-15(19)17(6-8-23-2)7-9-24-3/h4-5,10H,6-9,11H2,1-3H3. The van der Waals surface area contributed by atoms with Crippen LogP contribution in [0.3, 0.4) is 0 Å². The van der Waals surface area contributed by atoms with Gasteiger partial charge in [0.15, 0.2) is 6.61 Å². The van der Waals surface area contributed by atoms with E-state index in [1.54, 1.807) is 0 Å². The van der Waals surface area contributed by atoms with E-state index in [0.29, 0.717) is 31.9 Å². The van der Waals surface area contributed by atoms with E-state index in [1.165, 1.54) is 44.2 Å². The fourth-order valence-electron chi connectivity index (χ4n) is 2.05. The van der Waals surface area contributed by atoms with Crippen LogP contribution in [0.25, 0.3) is 0 Å². The first-order valence-electron chi connectivity index (χ1n) is 7.58. The molecule has 0 saturated carbocycles. The maximum absolute atomic E-state index is 12.1. The molecule has 0 atom stereocenters. The number of benzene rings is 1. The normalized spacial score (nSPS) is 10.4. The van der Waals surface area contributed by atoms with Crippen molar-refractivity contribution in [2.75, 3.05) is 47.1 Å². The van der Waals surface area contributed by atoms with Gasteiger partial charge in [-0.1, -0.05) is 0 Å². The second-order valence-corrected chi connectivity index (χ2v) is 5.20. The molecule has 0 radical (unpaired) electrons. The minimum absolute atomic E-state index is 0.0852. The minimum atomic E-state index is -0.718. The molecule has 25 heavy (non-hydrogen) atoms. The van der Waals surface area contributed by atoms with Crippen LogP contribution in [0.4, 0.5) is 5.69 Å². The van der Waals surface area contributed by atoms with Crippen molar-refractivity contribution < 1.29 is 28.7 Å². The molecule has 1 aromatic carbocycles. The number of aryl methyl sites for hydroxylation is 1. The fourth-order valence-corrected chi connectivity index (χ4v) is 2.05. The van der Waals surface area contributed by atoms with E-state index in [1.807, 2.05) is 0 Å². The number of hydrogen-bond acceptors (Lipinski definition) is 7. The summed E-state index contributed by atoms with van der Waals surface area (Å²) < 4.78 is 14.9. The van der Waals surface area contributed by atoms with Crippen molar-refractivity contribution in [2.24, 2.45) is 0 Å². The Bertz CT molecular complexity index is 611. The predicted molar refractivity (Wildman–Crippen MR) is 88.4 cm³/mol. The second-order valence-electron chi connectivity index (χ2n) is 5.20. The number of nitro groups is 1. The average Bonchev–Trinajstić information content (AvgIpc) is 2.59. The molecule has 0 bridgehead atoms. The summed E-state index contributed by atoms with van der Waals surface area (Å²) in [5, 5.41) is 10.8. The Kier molecular flexibility index (Phi) is 8.51. The molecule has 0 aliphatic carbocycles. The van der Waals surface area contributed by atoms with E-state index in [9.17, 15) is 19.7 Å². The van der Waals surface area contributed by atoms with Crippen molar-refractivity contribution >= 4 is 17.6 Å². The molecule has 9 heteroatoms. The van der Waals surface area contributed by atoms with Crippen LogP contribution in [0.5, 0.6) is 0 Å². The molecule has 0 aromatic heterocycles. The number of amides is 1. The number of carbonyl (C=O) groups excluding carboxylic acids is 2. The number of esters is 1. The molecule has 9 nitrogen and oxygen atoms in total. The van der Waals surface area contributed by atoms with Crippen LogP contribution in [-0.2, 0) is 19.0 Å². The number of hydrogen-bond donors (Lipinski definition) is 0. The monoisotopic (exact) mass is 354 g/mol. The third-order valence-electron chi connectivity index (χ3n) is 3.44. The zero-order valence-corrected chi connectivity index (χ0v) is 14.5. The Hall–Kier alpha value is -2.52. The molecule has 0 N–H and O–H groups in total. The minimum Gasteiger partial charge on any atom is -0.452 e. The molecule has 0 saturated heterocycles. The van der Waals surface area contributed by atoms with E-state index in [2.05, 4.69) is 0 Å². The average molecular weight is 354 g/mol. The van der Waals surface area contributed by atoms with E-state index in [0.717, 1.165) is 0 Å². The molecular weight excluding hydrogens is 332 g/mol. The zero-order valence-electron chi connectivity index (χ0n) is 14.5. The highest BCUT2D eigenvalue weighted by Gasteiger charge is 2.18. The maximum atomic E-state index is 12.1. The highest BCUT2D eigenvalue weighted by atomic mass is 16.6. The summed E-state index contributed by atoms with van der Waals surface area (Å²) in [5.41, 5.74) is 0.404. The van der Waals surface area contributed by atoms with Crippen LogP contribution in [-0.4, -0.2) is 68.8 Å². The number of ether oxygens (including phenoxy) is 3. The first kappa shape index (κ1) is 20.5. The maximum Gasteiger partial charge on any atom is 0.338 e. The van der Waals surface area contributed by atoms with E-state index < -0.39 is 17.5 Å². The fraction of sp³-hybridized carbons (Fsp3) is 0.500.